The summed E-state index contributed by atoms with van der Waals surface area (Å²) >= 11 is 0. The minimum atomic E-state index is 0. The van der Waals surface area contributed by atoms with E-state index < -0.39 is 0 Å². The number of methoxy groups -OCH3 is 1. The first-order valence-electron chi connectivity index (χ1n) is 9.11. The van der Waals surface area contributed by atoms with Gasteiger partial charge in [0.25, 0.3) is 0 Å². The molecular formula is C17H37IN4O2. The van der Waals surface area contributed by atoms with Crippen LogP contribution in [0.4, 0.5) is 0 Å². The molecule has 6 nitrogen and oxygen atoms in total. The van der Waals surface area contributed by atoms with Gasteiger partial charge >= 0.3 is 0 Å². The number of hydrogen-bond donors (Lipinski definition) is 2. The van der Waals surface area contributed by atoms with Crippen LogP contribution in [0.25, 0.3) is 0 Å². The van der Waals surface area contributed by atoms with Crippen molar-refractivity contribution < 1.29 is 9.47 Å². The molecule has 24 heavy (non-hydrogen) atoms. The van der Waals surface area contributed by atoms with Crippen molar-refractivity contribution in [2.45, 2.75) is 33.1 Å². The standard InChI is InChI=1S/C17H36N4O2.HI/c1-4-18-17(19-9-6-13-23-5-2)20-15-16-7-10-21(11-8-16)12-14-22-3;/h16H,4-15H2,1-3H3,(H2,18,19,20);1H. The lowest BCUT2D eigenvalue weighted by molar-refractivity contribution is 0.121. The molecule has 0 aromatic heterocycles. The summed E-state index contributed by atoms with van der Waals surface area (Å²) < 4.78 is 10.5. The van der Waals surface area contributed by atoms with Crippen LogP contribution in [0, 0.1) is 5.92 Å². The van der Waals surface area contributed by atoms with Gasteiger partial charge in [-0.15, -0.1) is 24.0 Å². The molecule has 0 spiro atoms. The van der Waals surface area contributed by atoms with Gasteiger partial charge < -0.3 is 25.0 Å². The third-order valence-electron chi connectivity index (χ3n) is 4.13. The normalized spacial score (nSPS) is 16.7. The predicted octanol–water partition coefficient (Wildman–Crippen LogP) is 1.94. The quantitative estimate of drug-likeness (QED) is 0.216. The van der Waals surface area contributed by atoms with Gasteiger partial charge in [-0.1, -0.05) is 0 Å². The molecule has 1 fully saturated rings. The molecule has 1 aliphatic heterocycles. The Labute approximate surface area is 165 Å². The zero-order valence-electron chi connectivity index (χ0n) is 15.7. The molecule has 1 aliphatic rings. The fraction of sp³-hybridized carbons (Fsp3) is 0.941. The molecule has 0 atom stereocenters. The second-order valence-electron chi connectivity index (χ2n) is 5.97. The van der Waals surface area contributed by atoms with Crippen LogP contribution in [0.1, 0.15) is 33.1 Å². The van der Waals surface area contributed by atoms with Crippen LogP contribution < -0.4 is 10.6 Å². The van der Waals surface area contributed by atoms with Crippen molar-refractivity contribution in [1.29, 1.82) is 0 Å². The molecule has 1 saturated heterocycles. The van der Waals surface area contributed by atoms with E-state index in [0.29, 0.717) is 5.92 Å². The molecule has 1 heterocycles. The van der Waals surface area contributed by atoms with Gasteiger partial charge in [-0.05, 0) is 52.1 Å². The molecule has 144 valence electrons. The number of rotatable bonds is 11. The first-order chi connectivity index (χ1) is 11.3. The number of nitrogens with one attached hydrogen (secondary N) is 2. The van der Waals surface area contributed by atoms with Crippen molar-refractivity contribution in [2.24, 2.45) is 10.9 Å². The highest BCUT2D eigenvalue weighted by Crippen LogP contribution is 2.17. The summed E-state index contributed by atoms with van der Waals surface area (Å²) in [4.78, 5) is 7.24. The summed E-state index contributed by atoms with van der Waals surface area (Å²) in [6, 6.07) is 0. The van der Waals surface area contributed by atoms with Crippen LogP contribution in [0.15, 0.2) is 4.99 Å². The maximum atomic E-state index is 5.35. The maximum Gasteiger partial charge on any atom is 0.191 e. The Balaban J connectivity index is 0.00000529. The van der Waals surface area contributed by atoms with Crippen molar-refractivity contribution in [3.63, 3.8) is 0 Å². The summed E-state index contributed by atoms with van der Waals surface area (Å²) in [5.74, 6) is 1.64. The molecule has 1 rings (SSSR count). The van der Waals surface area contributed by atoms with Crippen LogP contribution in [-0.4, -0.2) is 77.1 Å². The van der Waals surface area contributed by atoms with Gasteiger partial charge in [-0.3, -0.25) is 4.99 Å². The maximum absolute atomic E-state index is 5.35. The second-order valence-corrected chi connectivity index (χ2v) is 5.97. The molecule has 0 aromatic rings. The first-order valence-corrected chi connectivity index (χ1v) is 9.11. The van der Waals surface area contributed by atoms with E-state index in [9.17, 15) is 0 Å². The van der Waals surface area contributed by atoms with Gasteiger partial charge in [0.05, 0.1) is 6.61 Å². The zero-order valence-corrected chi connectivity index (χ0v) is 18.0. The van der Waals surface area contributed by atoms with Crippen LogP contribution in [0.5, 0.6) is 0 Å². The van der Waals surface area contributed by atoms with Gasteiger partial charge in [0.2, 0.25) is 0 Å². The van der Waals surface area contributed by atoms with Gasteiger partial charge in [0.15, 0.2) is 5.96 Å². The van der Waals surface area contributed by atoms with Gasteiger partial charge in [-0.25, -0.2) is 0 Å². The number of hydrogen-bond acceptors (Lipinski definition) is 4. The number of nitrogens with zero attached hydrogens (tertiary/aromatic N) is 2. The third-order valence-corrected chi connectivity index (χ3v) is 4.13. The Morgan fingerprint density at radius 1 is 1.17 bits per heavy atom. The van der Waals surface area contributed by atoms with Crippen LogP contribution in [0.2, 0.25) is 0 Å². The molecule has 7 heteroatoms. The minimum absolute atomic E-state index is 0. The average Bonchev–Trinajstić information content (AvgIpc) is 2.58. The Morgan fingerprint density at radius 3 is 2.54 bits per heavy atom. The summed E-state index contributed by atoms with van der Waals surface area (Å²) in [7, 11) is 1.77. The van der Waals surface area contributed by atoms with E-state index in [-0.39, 0.29) is 24.0 Å². The molecule has 0 saturated carbocycles. The van der Waals surface area contributed by atoms with E-state index in [1.807, 2.05) is 6.92 Å². The molecule has 0 radical (unpaired) electrons. The van der Waals surface area contributed by atoms with Gasteiger partial charge in [0, 0.05) is 46.5 Å². The van der Waals surface area contributed by atoms with Crippen molar-refractivity contribution in [1.82, 2.24) is 15.5 Å². The number of aliphatic imine (C=N–C) groups is 1. The summed E-state index contributed by atoms with van der Waals surface area (Å²) in [5, 5.41) is 6.71. The number of guanidine groups is 1. The highest BCUT2D eigenvalue weighted by atomic mass is 127. The second kappa shape index (κ2) is 16.4. The Morgan fingerprint density at radius 2 is 1.92 bits per heavy atom. The number of piperidine rings is 1. The summed E-state index contributed by atoms with van der Waals surface area (Å²) in [6.45, 7) is 12.7. The van der Waals surface area contributed by atoms with Gasteiger partial charge in [0.1, 0.15) is 0 Å². The van der Waals surface area contributed by atoms with E-state index in [4.69, 9.17) is 14.5 Å². The van der Waals surface area contributed by atoms with E-state index in [1.54, 1.807) is 7.11 Å². The fourth-order valence-electron chi connectivity index (χ4n) is 2.70. The molecule has 0 amide bonds. The predicted molar refractivity (Wildman–Crippen MR) is 112 cm³/mol. The third kappa shape index (κ3) is 11.4. The van der Waals surface area contributed by atoms with E-state index in [0.717, 1.165) is 58.4 Å². The van der Waals surface area contributed by atoms with E-state index >= 15 is 0 Å². The first kappa shape index (κ1) is 23.9. The van der Waals surface area contributed by atoms with E-state index in [1.165, 1.54) is 25.9 Å². The lowest BCUT2D eigenvalue weighted by Gasteiger charge is -2.31. The molecule has 0 aromatic carbocycles. The number of halogens is 1. The van der Waals surface area contributed by atoms with Crippen molar-refractivity contribution in [2.75, 3.05) is 66.2 Å². The van der Waals surface area contributed by atoms with Crippen LogP contribution in [0.3, 0.4) is 0 Å². The largest absolute Gasteiger partial charge is 0.383 e. The van der Waals surface area contributed by atoms with Crippen LogP contribution in [-0.2, 0) is 9.47 Å². The highest BCUT2D eigenvalue weighted by molar-refractivity contribution is 14.0. The Hall–Kier alpha value is -0.120. The number of likely N-dealkylation sites (tertiary alicyclic amines) is 1. The molecule has 0 bridgehead atoms. The number of ether oxygens (including phenoxy) is 2. The Kier molecular flexibility index (Phi) is 16.3. The lowest BCUT2D eigenvalue weighted by Crippen LogP contribution is -2.39. The van der Waals surface area contributed by atoms with Crippen molar-refractivity contribution >= 4 is 29.9 Å². The molecular weight excluding hydrogens is 419 g/mol. The SMILES string of the molecule is CCNC(=NCC1CCN(CCOC)CC1)NCCCOCC.I. The zero-order chi connectivity index (χ0) is 16.8. The molecule has 2 N–H and O–H groups in total. The van der Waals surface area contributed by atoms with Crippen molar-refractivity contribution in [3.8, 4) is 0 Å². The lowest BCUT2D eigenvalue weighted by atomic mass is 9.97. The van der Waals surface area contributed by atoms with Crippen molar-refractivity contribution in [3.05, 3.63) is 0 Å². The molecule has 0 aliphatic carbocycles. The topological polar surface area (TPSA) is 58.1 Å². The molecule has 0 unspecified atom stereocenters. The smallest absolute Gasteiger partial charge is 0.191 e. The summed E-state index contributed by atoms with van der Waals surface area (Å²) in [5.41, 5.74) is 0. The highest BCUT2D eigenvalue weighted by Gasteiger charge is 2.18. The van der Waals surface area contributed by atoms with E-state index in [2.05, 4.69) is 22.5 Å². The van der Waals surface area contributed by atoms with Gasteiger partial charge in [-0.2, -0.15) is 0 Å². The fourth-order valence-corrected chi connectivity index (χ4v) is 2.70. The van der Waals surface area contributed by atoms with Crippen LogP contribution >= 0.6 is 24.0 Å². The summed E-state index contributed by atoms with van der Waals surface area (Å²) in [6.07, 6.45) is 3.48. The minimum Gasteiger partial charge on any atom is -0.383 e. The Bertz CT molecular complexity index is 311. The monoisotopic (exact) mass is 456 g/mol. The average molecular weight is 456 g/mol.